The number of furan rings is 1. The van der Waals surface area contributed by atoms with Crippen LogP contribution in [0.25, 0.3) is 0 Å². The fourth-order valence-electron chi connectivity index (χ4n) is 1.37. The van der Waals surface area contributed by atoms with Gasteiger partial charge in [-0.15, -0.1) is 0 Å². The second-order valence-electron chi connectivity index (χ2n) is 3.89. The van der Waals surface area contributed by atoms with Gasteiger partial charge in [-0.1, -0.05) is 5.16 Å². The summed E-state index contributed by atoms with van der Waals surface area (Å²) in [5.41, 5.74) is 1.29. The Hall–Kier alpha value is -2.57. The van der Waals surface area contributed by atoms with Crippen LogP contribution in [0.3, 0.4) is 0 Å². The Morgan fingerprint density at radius 2 is 2.21 bits per heavy atom. The zero-order valence-corrected chi connectivity index (χ0v) is 10.4. The summed E-state index contributed by atoms with van der Waals surface area (Å²) in [6.45, 7) is 3.00. The van der Waals surface area contributed by atoms with Crippen LogP contribution in [0.5, 0.6) is 0 Å². The Labute approximate surface area is 108 Å². The molecule has 1 amide bonds. The van der Waals surface area contributed by atoms with Gasteiger partial charge in [-0.25, -0.2) is 4.79 Å². The first kappa shape index (κ1) is 12.9. The molecule has 0 aliphatic rings. The summed E-state index contributed by atoms with van der Waals surface area (Å²) in [4.78, 5) is 23.0. The van der Waals surface area contributed by atoms with Crippen LogP contribution in [-0.4, -0.2) is 23.6 Å². The number of aromatic nitrogens is 1. The molecule has 0 aliphatic heterocycles. The molecule has 0 fully saturated rings. The van der Waals surface area contributed by atoms with E-state index in [0.29, 0.717) is 11.3 Å². The average Bonchev–Trinajstić information content (AvgIpc) is 2.95. The van der Waals surface area contributed by atoms with Crippen molar-refractivity contribution in [3.05, 3.63) is 35.4 Å². The predicted octanol–water partition coefficient (Wildman–Crippen LogP) is 1.68. The van der Waals surface area contributed by atoms with Crippen molar-refractivity contribution in [1.29, 1.82) is 0 Å². The topological polar surface area (TPSA) is 94.6 Å². The van der Waals surface area contributed by atoms with Gasteiger partial charge in [0.1, 0.15) is 0 Å². The van der Waals surface area contributed by atoms with Crippen LogP contribution in [0.1, 0.15) is 21.8 Å². The fraction of sp³-hybridized carbons (Fsp3) is 0.250. The zero-order valence-electron chi connectivity index (χ0n) is 10.4. The smallest absolute Gasteiger partial charge is 0.375 e. The number of aryl methyl sites for hydroxylation is 2. The number of ether oxygens (including phenoxy) is 1. The maximum atomic E-state index is 11.6. The summed E-state index contributed by atoms with van der Waals surface area (Å²) >= 11 is 0. The zero-order chi connectivity index (χ0) is 13.8. The highest BCUT2D eigenvalue weighted by atomic mass is 16.5. The van der Waals surface area contributed by atoms with Gasteiger partial charge in [0.25, 0.3) is 5.91 Å². The molecule has 2 aromatic heterocycles. The van der Waals surface area contributed by atoms with E-state index in [1.165, 1.54) is 6.26 Å². The van der Waals surface area contributed by atoms with E-state index in [1.54, 1.807) is 26.0 Å². The van der Waals surface area contributed by atoms with Gasteiger partial charge in [0.05, 0.1) is 12.0 Å². The number of anilines is 1. The molecule has 0 radical (unpaired) electrons. The molecular weight excluding hydrogens is 252 g/mol. The van der Waals surface area contributed by atoms with Crippen LogP contribution in [0.4, 0.5) is 5.88 Å². The van der Waals surface area contributed by atoms with Gasteiger partial charge < -0.3 is 13.7 Å². The Morgan fingerprint density at radius 1 is 1.42 bits per heavy atom. The SMILES string of the molecule is Cc1cc(NC(=O)COC(=O)c2occc2C)on1. The molecule has 0 atom stereocenters. The molecule has 0 aliphatic carbocycles. The molecule has 7 nitrogen and oxygen atoms in total. The van der Waals surface area contributed by atoms with E-state index in [2.05, 4.69) is 10.5 Å². The lowest BCUT2D eigenvalue weighted by Gasteiger charge is -2.03. The largest absolute Gasteiger partial charge is 0.457 e. The van der Waals surface area contributed by atoms with E-state index in [-0.39, 0.29) is 11.6 Å². The van der Waals surface area contributed by atoms with E-state index >= 15 is 0 Å². The van der Waals surface area contributed by atoms with Gasteiger partial charge >= 0.3 is 5.97 Å². The van der Waals surface area contributed by atoms with Crippen molar-refractivity contribution in [1.82, 2.24) is 5.16 Å². The fourth-order valence-corrected chi connectivity index (χ4v) is 1.37. The highest BCUT2D eigenvalue weighted by Gasteiger charge is 2.16. The number of nitrogens with one attached hydrogen (secondary N) is 1. The first-order valence-corrected chi connectivity index (χ1v) is 5.50. The number of carbonyl (C=O) groups excluding carboxylic acids is 2. The van der Waals surface area contributed by atoms with E-state index in [4.69, 9.17) is 13.7 Å². The molecule has 7 heteroatoms. The number of carbonyl (C=O) groups is 2. The van der Waals surface area contributed by atoms with Crippen molar-refractivity contribution < 1.29 is 23.3 Å². The molecule has 0 saturated heterocycles. The monoisotopic (exact) mass is 264 g/mol. The second-order valence-corrected chi connectivity index (χ2v) is 3.89. The second kappa shape index (κ2) is 5.38. The van der Waals surface area contributed by atoms with Crippen LogP contribution in [0.2, 0.25) is 0 Å². The number of hydrogen-bond acceptors (Lipinski definition) is 6. The van der Waals surface area contributed by atoms with Gasteiger partial charge in [-0.3, -0.25) is 10.1 Å². The molecule has 0 bridgehead atoms. The number of rotatable bonds is 4. The summed E-state index contributed by atoms with van der Waals surface area (Å²) < 4.78 is 14.5. The van der Waals surface area contributed by atoms with Crippen molar-refractivity contribution in [2.45, 2.75) is 13.8 Å². The molecular formula is C12H12N2O5. The molecule has 0 aromatic carbocycles. The Morgan fingerprint density at radius 3 is 2.79 bits per heavy atom. The summed E-state index contributed by atoms with van der Waals surface area (Å²) in [7, 11) is 0. The maximum Gasteiger partial charge on any atom is 0.375 e. The first-order valence-electron chi connectivity index (χ1n) is 5.50. The molecule has 19 heavy (non-hydrogen) atoms. The summed E-state index contributed by atoms with van der Waals surface area (Å²) in [5, 5.41) is 6.01. The Kier molecular flexibility index (Phi) is 3.65. The van der Waals surface area contributed by atoms with Crippen LogP contribution in [0, 0.1) is 13.8 Å². The minimum Gasteiger partial charge on any atom is -0.457 e. The normalized spacial score (nSPS) is 10.2. The van der Waals surface area contributed by atoms with Gasteiger partial charge in [0.15, 0.2) is 6.61 Å². The lowest BCUT2D eigenvalue weighted by atomic mass is 10.3. The Bertz CT molecular complexity index is 599. The summed E-state index contributed by atoms with van der Waals surface area (Å²) in [6, 6.07) is 3.18. The number of esters is 1. The van der Waals surface area contributed by atoms with Crippen molar-refractivity contribution >= 4 is 17.8 Å². The maximum absolute atomic E-state index is 11.6. The van der Waals surface area contributed by atoms with Crippen LogP contribution in [0.15, 0.2) is 27.3 Å². The third-order valence-corrected chi connectivity index (χ3v) is 2.27. The lowest BCUT2D eigenvalue weighted by Crippen LogP contribution is -2.20. The van der Waals surface area contributed by atoms with Crippen molar-refractivity contribution in [2.75, 3.05) is 11.9 Å². The summed E-state index contributed by atoms with van der Waals surface area (Å²) in [6.07, 6.45) is 1.38. The highest BCUT2D eigenvalue weighted by molar-refractivity contribution is 5.94. The third-order valence-electron chi connectivity index (χ3n) is 2.27. The molecule has 0 saturated carbocycles. The van der Waals surface area contributed by atoms with Crippen LogP contribution >= 0.6 is 0 Å². The first-order chi connectivity index (χ1) is 9.06. The third kappa shape index (κ3) is 3.21. The van der Waals surface area contributed by atoms with Gasteiger partial charge in [-0.05, 0) is 19.9 Å². The van der Waals surface area contributed by atoms with Crippen molar-refractivity contribution in [3.63, 3.8) is 0 Å². The number of amides is 1. The standard InChI is InChI=1S/C12H12N2O5/c1-7-3-4-17-11(7)12(16)18-6-9(15)13-10-5-8(2)14-19-10/h3-5H,6H2,1-2H3,(H,13,15). The minimum atomic E-state index is -0.689. The van der Waals surface area contributed by atoms with Crippen molar-refractivity contribution in [2.24, 2.45) is 0 Å². The highest BCUT2D eigenvalue weighted by Crippen LogP contribution is 2.11. The molecule has 0 spiro atoms. The molecule has 0 unspecified atom stereocenters. The van der Waals surface area contributed by atoms with Crippen LogP contribution in [-0.2, 0) is 9.53 Å². The molecule has 2 heterocycles. The van der Waals surface area contributed by atoms with Gasteiger partial charge in [0, 0.05) is 11.6 Å². The average molecular weight is 264 g/mol. The van der Waals surface area contributed by atoms with E-state index in [9.17, 15) is 9.59 Å². The van der Waals surface area contributed by atoms with E-state index in [1.807, 2.05) is 0 Å². The minimum absolute atomic E-state index is 0.0864. The summed E-state index contributed by atoms with van der Waals surface area (Å²) in [5.74, 6) is -0.920. The Balaban J connectivity index is 1.84. The van der Waals surface area contributed by atoms with Crippen LogP contribution < -0.4 is 5.32 Å². The van der Waals surface area contributed by atoms with E-state index in [0.717, 1.165) is 0 Å². The molecule has 100 valence electrons. The molecule has 1 N–H and O–H groups in total. The molecule has 2 aromatic rings. The van der Waals surface area contributed by atoms with Crippen molar-refractivity contribution in [3.8, 4) is 0 Å². The van der Waals surface area contributed by atoms with Gasteiger partial charge in [0.2, 0.25) is 11.6 Å². The number of nitrogens with zero attached hydrogens (tertiary/aromatic N) is 1. The van der Waals surface area contributed by atoms with E-state index < -0.39 is 18.5 Å². The quantitative estimate of drug-likeness (QED) is 0.844. The predicted molar refractivity (Wildman–Crippen MR) is 63.6 cm³/mol. The number of hydrogen-bond donors (Lipinski definition) is 1. The lowest BCUT2D eigenvalue weighted by molar-refractivity contribution is -0.119. The molecule has 2 rings (SSSR count). The van der Waals surface area contributed by atoms with Gasteiger partial charge in [-0.2, -0.15) is 0 Å².